The summed E-state index contributed by atoms with van der Waals surface area (Å²) in [6.45, 7) is 7.17. The normalized spacial score (nSPS) is 12.1. The average Bonchev–Trinajstić information content (AvgIpc) is 2.65. The van der Waals surface area contributed by atoms with Gasteiger partial charge in [0, 0.05) is 0 Å². The zero-order valence-electron chi connectivity index (χ0n) is 16.7. The van der Waals surface area contributed by atoms with Crippen LogP contribution in [0.4, 0.5) is 0 Å². The Morgan fingerprint density at radius 1 is 0.880 bits per heavy atom. The Labute approximate surface area is 155 Å². The Kier molecular flexibility index (Phi) is 12.1. The highest BCUT2D eigenvalue weighted by Crippen LogP contribution is 2.15. The van der Waals surface area contributed by atoms with Crippen LogP contribution in [0.3, 0.4) is 0 Å². The van der Waals surface area contributed by atoms with Crippen molar-refractivity contribution in [3.8, 4) is 0 Å². The third kappa shape index (κ3) is 9.67. The van der Waals surface area contributed by atoms with Crippen LogP contribution in [0, 0.1) is 5.92 Å². The van der Waals surface area contributed by atoms with Crippen LogP contribution in [-0.2, 0) is 11.2 Å². The lowest BCUT2D eigenvalue weighted by Gasteiger charge is -2.14. The van der Waals surface area contributed by atoms with E-state index in [1.807, 2.05) is 12.1 Å². The van der Waals surface area contributed by atoms with Crippen LogP contribution in [0.2, 0.25) is 0 Å². The highest BCUT2D eigenvalue weighted by atomic mass is 16.5. The van der Waals surface area contributed by atoms with Crippen molar-refractivity contribution in [3.63, 3.8) is 0 Å². The van der Waals surface area contributed by atoms with Crippen LogP contribution < -0.4 is 0 Å². The van der Waals surface area contributed by atoms with Crippen molar-refractivity contribution in [1.29, 1.82) is 0 Å². The number of hydrogen-bond donors (Lipinski definition) is 0. The number of esters is 1. The minimum Gasteiger partial charge on any atom is -0.462 e. The molecule has 1 unspecified atom stereocenters. The van der Waals surface area contributed by atoms with Crippen LogP contribution >= 0.6 is 0 Å². The Morgan fingerprint density at radius 2 is 1.52 bits per heavy atom. The van der Waals surface area contributed by atoms with E-state index in [1.165, 1.54) is 56.9 Å². The predicted molar refractivity (Wildman–Crippen MR) is 107 cm³/mol. The second-order valence-electron chi connectivity index (χ2n) is 7.23. The van der Waals surface area contributed by atoms with E-state index in [1.54, 1.807) is 0 Å². The molecule has 0 fully saturated rings. The maximum absolute atomic E-state index is 12.2. The number of aryl methyl sites for hydroxylation is 1. The van der Waals surface area contributed by atoms with Gasteiger partial charge in [0.15, 0.2) is 0 Å². The van der Waals surface area contributed by atoms with Crippen molar-refractivity contribution < 1.29 is 9.53 Å². The molecule has 2 heteroatoms. The van der Waals surface area contributed by atoms with Crippen molar-refractivity contribution in [2.24, 2.45) is 5.92 Å². The SMILES string of the molecule is CCCCCCCCc1ccc(C(=O)OCC(CC)CCCC)cc1. The first-order valence-electron chi connectivity index (χ1n) is 10.5. The van der Waals surface area contributed by atoms with Gasteiger partial charge >= 0.3 is 5.97 Å². The molecular weight excluding hydrogens is 308 g/mol. The number of rotatable bonds is 14. The Balaban J connectivity index is 2.30. The molecule has 0 spiro atoms. The number of hydrogen-bond acceptors (Lipinski definition) is 2. The van der Waals surface area contributed by atoms with E-state index >= 15 is 0 Å². The fourth-order valence-corrected chi connectivity index (χ4v) is 3.09. The van der Waals surface area contributed by atoms with E-state index < -0.39 is 0 Å². The molecule has 142 valence electrons. The quantitative estimate of drug-likeness (QED) is 0.269. The van der Waals surface area contributed by atoms with Crippen molar-refractivity contribution in [2.45, 2.75) is 91.4 Å². The molecule has 2 nitrogen and oxygen atoms in total. The summed E-state index contributed by atoms with van der Waals surface area (Å²) in [6, 6.07) is 8.00. The Morgan fingerprint density at radius 3 is 2.16 bits per heavy atom. The van der Waals surface area contributed by atoms with Gasteiger partial charge in [-0.05, 0) is 42.9 Å². The lowest BCUT2D eigenvalue weighted by molar-refractivity contribution is 0.0428. The van der Waals surface area contributed by atoms with Crippen molar-refractivity contribution >= 4 is 5.97 Å². The van der Waals surface area contributed by atoms with Crippen LogP contribution in [0.5, 0.6) is 0 Å². The van der Waals surface area contributed by atoms with Gasteiger partial charge in [0.1, 0.15) is 0 Å². The second kappa shape index (κ2) is 13.9. The number of unbranched alkanes of at least 4 members (excludes halogenated alkanes) is 6. The molecule has 0 amide bonds. The van der Waals surface area contributed by atoms with Crippen LogP contribution in [0.25, 0.3) is 0 Å². The molecule has 0 aromatic heterocycles. The molecule has 0 aliphatic carbocycles. The molecule has 1 rings (SSSR count). The van der Waals surface area contributed by atoms with E-state index in [9.17, 15) is 4.79 Å². The van der Waals surface area contributed by atoms with Gasteiger partial charge < -0.3 is 4.74 Å². The van der Waals surface area contributed by atoms with E-state index in [0.29, 0.717) is 18.1 Å². The fourth-order valence-electron chi connectivity index (χ4n) is 3.09. The molecular formula is C23H38O2. The Hall–Kier alpha value is -1.31. The summed E-state index contributed by atoms with van der Waals surface area (Å²) >= 11 is 0. The van der Waals surface area contributed by atoms with E-state index in [-0.39, 0.29) is 5.97 Å². The lowest BCUT2D eigenvalue weighted by atomic mass is 10.0. The number of ether oxygens (including phenoxy) is 1. The summed E-state index contributed by atoms with van der Waals surface area (Å²) in [5.41, 5.74) is 2.00. The van der Waals surface area contributed by atoms with Crippen LogP contribution in [0.15, 0.2) is 24.3 Å². The van der Waals surface area contributed by atoms with Gasteiger partial charge in [-0.25, -0.2) is 4.79 Å². The summed E-state index contributed by atoms with van der Waals surface area (Å²) in [7, 11) is 0. The van der Waals surface area contributed by atoms with Crippen molar-refractivity contribution in [1.82, 2.24) is 0 Å². The third-order valence-corrected chi connectivity index (χ3v) is 5.00. The summed E-state index contributed by atoms with van der Waals surface area (Å²) in [5, 5.41) is 0. The first-order valence-corrected chi connectivity index (χ1v) is 10.5. The van der Waals surface area contributed by atoms with E-state index in [0.717, 1.165) is 19.3 Å². The highest BCUT2D eigenvalue weighted by molar-refractivity contribution is 5.89. The second-order valence-corrected chi connectivity index (χ2v) is 7.23. The smallest absolute Gasteiger partial charge is 0.338 e. The molecule has 0 saturated carbocycles. The number of carbonyl (C=O) groups excluding carboxylic acids is 1. The van der Waals surface area contributed by atoms with Gasteiger partial charge in [0.05, 0.1) is 12.2 Å². The summed E-state index contributed by atoms with van der Waals surface area (Å²) in [6.07, 6.45) is 13.6. The standard InChI is InChI=1S/C23H38O2/c1-4-7-9-10-11-12-14-21-15-17-22(18-16-21)23(24)25-19-20(6-3)13-8-5-2/h15-18,20H,4-14,19H2,1-3H3. The van der Waals surface area contributed by atoms with E-state index in [4.69, 9.17) is 4.74 Å². The molecule has 0 saturated heterocycles. The molecule has 0 aliphatic heterocycles. The molecule has 0 aliphatic rings. The van der Waals surface area contributed by atoms with Gasteiger partial charge in [-0.3, -0.25) is 0 Å². The van der Waals surface area contributed by atoms with Gasteiger partial charge in [0.2, 0.25) is 0 Å². The van der Waals surface area contributed by atoms with Gasteiger partial charge in [0.25, 0.3) is 0 Å². The largest absolute Gasteiger partial charge is 0.462 e. The van der Waals surface area contributed by atoms with Gasteiger partial charge in [-0.1, -0.05) is 84.3 Å². The van der Waals surface area contributed by atoms with Crippen LogP contribution in [0.1, 0.15) is 101 Å². The molecule has 0 N–H and O–H groups in total. The number of benzene rings is 1. The molecule has 1 aromatic carbocycles. The predicted octanol–water partition coefficient (Wildman–Crippen LogP) is 6.96. The minimum absolute atomic E-state index is 0.180. The average molecular weight is 347 g/mol. The summed E-state index contributed by atoms with van der Waals surface area (Å²) in [4.78, 5) is 12.2. The molecule has 1 atom stereocenters. The zero-order chi connectivity index (χ0) is 18.3. The summed E-state index contributed by atoms with van der Waals surface area (Å²) in [5.74, 6) is 0.317. The van der Waals surface area contributed by atoms with E-state index in [2.05, 4.69) is 32.9 Å². The topological polar surface area (TPSA) is 26.3 Å². The molecule has 25 heavy (non-hydrogen) atoms. The first-order chi connectivity index (χ1) is 12.2. The minimum atomic E-state index is -0.180. The maximum atomic E-state index is 12.2. The maximum Gasteiger partial charge on any atom is 0.338 e. The Bertz CT molecular complexity index is 450. The molecule has 0 bridgehead atoms. The lowest BCUT2D eigenvalue weighted by Crippen LogP contribution is -2.14. The third-order valence-electron chi connectivity index (χ3n) is 5.00. The first kappa shape index (κ1) is 21.7. The highest BCUT2D eigenvalue weighted by Gasteiger charge is 2.11. The number of carbonyl (C=O) groups is 1. The van der Waals surface area contributed by atoms with Gasteiger partial charge in [-0.2, -0.15) is 0 Å². The monoisotopic (exact) mass is 346 g/mol. The van der Waals surface area contributed by atoms with Crippen molar-refractivity contribution in [2.75, 3.05) is 6.61 Å². The zero-order valence-corrected chi connectivity index (χ0v) is 16.7. The molecule has 1 aromatic rings. The van der Waals surface area contributed by atoms with Gasteiger partial charge in [-0.15, -0.1) is 0 Å². The van der Waals surface area contributed by atoms with Crippen LogP contribution in [-0.4, -0.2) is 12.6 Å². The fraction of sp³-hybridized carbons (Fsp3) is 0.696. The van der Waals surface area contributed by atoms with Crippen molar-refractivity contribution in [3.05, 3.63) is 35.4 Å². The molecule has 0 radical (unpaired) electrons. The molecule has 0 heterocycles. The summed E-state index contributed by atoms with van der Waals surface area (Å²) < 4.78 is 5.52.